The molecule has 1 aromatic carbocycles. The molecule has 3 nitrogen and oxygen atoms in total. The molecule has 106 valence electrons. The van der Waals surface area contributed by atoms with Crippen molar-refractivity contribution in [3.63, 3.8) is 0 Å². The van der Waals surface area contributed by atoms with Crippen LogP contribution in [0.2, 0.25) is 5.02 Å². The summed E-state index contributed by atoms with van der Waals surface area (Å²) in [5, 5.41) is 3.95. The first-order chi connectivity index (χ1) is 9.60. The smallest absolute Gasteiger partial charge is 0.127 e. The van der Waals surface area contributed by atoms with Gasteiger partial charge in [-0.1, -0.05) is 23.7 Å². The Morgan fingerprint density at radius 2 is 1.95 bits per heavy atom. The van der Waals surface area contributed by atoms with Crippen LogP contribution in [0.25, 0.3) is 0 Å². The molecule has 1 unspecified atom stereocenters. The molecule has 0 saturated carbocycles. The van der Waals surface area contributed by atoms with E-state index in [2.05, 4.69) is 36.3 Å². The van der Waals surface area contributed by atoms with Gasteiger partial charge in [0.1, 0.15) is 5.75 Å². The average Bonchev–Trinajstić information content (AvgIpc) is 2.45. The summed E-state index contributed by atoms with van der Waals surface area (Å²) in [6.45, 7) is 4.15. The Morgan fingerprint density at radius 3 is 2.55 bits per heavy atom. The summed E-state index contributed by atoms with van der Waals surface area (Å²) in [7, 11) is 3.61. The lowest BCUT2D eigenvalue weighted by atomic mass is 9.95. The second kappa shape index (κ2) is 6.25. The minimum absolute atomic E-state index is 0.0280. The Kier molecular flexibility index (Phi) is 4.63. The molecule has 0 saturated heterocycles. The third kappa shape index (κ3) is 2.65. The molecular formula is C16H19ClN2O. The molecule has 1 N–H and O–H groups in total. The van der Waals surface area contributed by atoms with Crippen LogP contribution in [0.1, 0.15) is 28.3 Å². The predicted molar refractivity (Wildman–Crippen MR) is 82.6 cm³/mol. The third-order valence-corrected chi connectivity index (χ3v) is 3.94. The highest BCUT2D eigenvalue weighted by atomic mass is 35.5. The lowest BCUT2D eigenvalue weighted by Gasteiger charge is -2.22. The van der Waals surface area contributed by atoms with E-state index < -0.39 is 0 Å². The van der Waals surface area contributed by atoms with Gasteiger partial charge in [0, 0.05) is 18.0 Å². The van der Waals surface area contributed by atoms with Crippen molar-refractivity contribution in [1.82, 2.24) is 10.3 Å². The molecule has 0 aliphatic heterocycles. The molecule has 0 aliphatic rings. The van der Waals surface area contributed by atoms with Crippen LogP contribution in [-0.2, 0) is 0 Å². The SMILES string of the molecule is CNC(c1ccncc1Cl)c1ccc(C)c(C)c1OC. The first-order valence-electron chi connectivity index (χ1n) is 6.51. The standard InChI is InChI=1S/C16H19ClN2O/c1-10-5-6-13(16(20-4)11(10)2)15(18-3)12-7-8-19-9-14(12)17/h5-9,15,18H,1-4H3. The van der Waals surface area contributed by atoms with Crippen LogP contribution >= 0.6 is 11.6 Å². The van der Waals surface area contributed by atoms with Gasteiger partial charge in [-0.3, -0.25) is 4.98 Å². The van der Waals surface area contributed by atoms with Crippen LogP contribution in [0.5, 0.6) is 5.75 Å². The fraction of sp³-hybridized carbons (Fsp3) is 0.312. The fourth-order valence-corrected chi connectivity index (χ4v) is 2.64. The number of ether oxygens (including phenoxy) is 1. The molecule has 0 amide bonds. The molecule has 0 aliphatic carbocycles. The molecule has 0 fully saturated rings. The minimum atomic E-state index is -0.0280. The van der Waals surface area contributed by atoms with Gasteiger partial charge in [0.2, 0.25) is 0 Å². The first-order valence-corrected chi connectivity index (χ1v) is 6.88. The van der Waals surface area contributed by atoms with Gasteiger partial charge in [-0.2, -0.15) is 0 Å². The molecule has 1 atom stereocenters. The van der Waals surface area contributed by atoms with Gasteiger partial charge in [-0.15, -0.1) is 0 Å². The van der Waals surface area contributed by atoms with Crippen molar-refractivity contribution in [3.8, 4) is 5.75 Å². The van der Waals surface area contributed by atoms with Gasteiger partial charge in [0.25, 0.3) is 0 Å². The Balaban J connectivity index is 2.59. The molecule has 0 bridgehead atoms. The van der Waals surface area contributed by atoms with Gasteiger partial charge < -0.3 is 10.1 Å². The quantitative estimate of drug-likeness (QED) is 0.933. The van der Waals surface area contributed by atoms with Crippen molar-refractivity contribution < 1.29 is 4.74 Å². The highest BCUT2D eigenvalue weighted by Gasteiger charge is 2.20. The van der Waals surface area contributed by atoms with E-state index in [9.17, 15) is 0 Å². The highest BCUT2D eigenvalue weighted by molar-refractivity contribution is 6.31. The Bertz CT molecular complexity index is 613. The summed E-state index contributed by atoms with van der Waals surface area (Å²) in [4.78, 5) is 4.04. The first kappa shape index (κ1) is 14.8. The number of aryl methyl sites for hydroxylation is 1. The van der Waals surface area contributed by atoms with Gasteiger partial charge >= 0.3 is 0 Å². The van der Waals surface area contributed by atoms with Crippen LogP contribution in [-0.4, -0.2) is 19.1 Å². The number of aromatic nitrogens is 1. The van der Waals surface area contributed by atoms with Crippen molar-refractivity contribution in [2.24, 2.45) is 0 Å². The maximum atomic E-state index is 6.27. The van der Waals surface area contributed by atoms with Crippen molar-refractivity contribution in [2.75, 3.05) is 14.2 Å². The van der Waals surface area contributed by atoms with Gasteiger partial charge in [-0.05, 0) is 43.7 Å². The van der Waals surface area contributed by atoms with Gasteiger partial charge in [-0.25, -0.2) is 0 Å². The van der Waals surface area contributed by atoms with E-state index in [1.54, 1.807) is 19.5 Å². The van der Waals surface area contributed by atoms with Crippen molar-refractivity contribution in [1.29, 1.82) is 0 Å². The topological polar surface area (TPSA) is 34.2 Å². The zero-order valence-electron chi connectivity index (χ0n) is 12.2. The maximum Gasteiger partial charge on any atom is 0.127 e. The number of methoxy groups -OCH3 is 1. The van der Waals surface area contributed by atoms with E-state index in [4.69, 9.17) is 16.3 Å². The molecule has 4 heteroatoms. The number of benzene rings is 1. The number of rotatable bonds is 4. The van der Waals surface area contributed by atoms with Crippen molar-refractivity contribution in [3.05, 3.63) is 57.9 Å². The summed E-state index contributed by atoms with van der Waals surface area (Å²) >= 11 is 6.27. The van der Waals surface area contributed by atoms with Crippen LogP contribution in [0.15, 0.2) is 30.6 Å². The number of nitrogens with one attached hydrogen (secondary N) is 1. The van der Waals surface area contributed by atoms with Gasteiger partial charge in [0.15, 0.2) is 0 Å². The molecule has 0 spiro atoms. The second-order valence-electron chi connectivity index (χ2n) is 4.75. The summed E-state index contributed by atoms with van der Waals surface area (Å²) in [6, 6.07) is 6.09. The molecule has 0 radical (unpaired) electrons. The Hall–Kier alpha value is -1.58. The largest absolute Gasteiger partial charge is 0.496 e. The monoisotopic (exact) mass is 290 g/mol. The van der Waals surface area contributed by atoms with Crippen molar-refractivity contribution in [2.45, 2.75) is 19.9 Å². The number of hydrogen-bond donors (Lipinski definition) is 1. The van der Waals surface area contributed by atoms with Crippen molar-refractivity contribution >= 4 is 11.6 Å². The molecule has 20 heavy (non-hydrogen) atoms. The minimum Gasteiger partial charge on any atom is -0.496 e. The second-order valence-corrected chi connectivity index (χ2v) is 5.16. The lowest BCUT2D eigenvalue weighted by molar-refractivity contribution is 0.402. The zero-order chi connectivity index (χ0) is 14.7. The zero-order valence-corrected chi connectivity index (χ0v) is 13.0. The van der Waals surface area contributed by atoms with E-state index in [0.717, 1.165) is 22.4 Å². The van der Waals surface area contributed by atoms with Crippen LogP contribution in [0.4, 0.5) is 0 Å². The predicted octanol–water partition coefficient (Wildman–Crippen LogP) is 3.67. The summed E-state index contributed by atoms with van der Waals surface area (Å²) in [6.07, 6.45) is 3.41. The number of nitrogens with zero attached hydrogens (tertiary/aromatic N) is 1. The molecule has 1 heterocycles. The Morgan fingerprint density at radius 1 is 1.20 bits per heavy atom. The fourth-order valence-electron chi connectivity index (χ4n) is 2.41. The van der Waals surface area contributed by atoms with Crippen LogP contribution in [0.3, 0.4) is 0 Å². The Labute approximate surface area is 124 Å². The highest BCUT2D eigenvalue weighted by Crippen LogP contribution is 2.35. The lowest BCUT2D eigenvalue weighted by Crippen LogP contribution is -2.19. The molecular weight excluding hydrogens is 272 g/mol. The van der Waals surface area contributed by atoms with Crippen LogP contribution < -0.4 is 10.1 Å². The summed E-state index contributed by atoms with van der Waals surface area (Å²) in [5.74, 6) is 0.900. The molecule has 2 rings (SSSR count). The van der Waals surface area contributed by atoms with E-state index in [-0.39, 0.29) is 6.04 Å². The third-order valence-electron chi connectivity index (χ3n) is 3.63. The molecule has 2 aromatic rings. The number of halogens is 1. The normalized spacial score (nSPS) is 12.2. The van der Waals surface area contributed by atoms with E-state index in [1.165, 1.54) is 5.56 Å². The van der Waals surface area contributed by atoms with E-state index in [0.29, 0.717) is 5.02 Å². The average molecular weight is 291 g/mol. The maximum absolute atomic E-state index is 6.27. The van der Waals surface area contributed by atoms with E-state index in [1.807, 2.05) is 13.1 Å². The van der Waals surface area contributed by atoms with Crippen LogP contribution in [0, 0.1) is 13.8 Å². The molecule has 1 aromatic heterocycles. The van der Waals surface area contributed by atoms with E-state index >= 15 is 0 Å². The van der Waals surface area contributed by atoms with Gasteiger partial charge in [0.05, 0.1) is 18.2 Å². The summed E-state index contributed by atoms with van der Waals surface area (Å²) < 4.78 is 5.60. The summed E-state index contributed by atoms with van der Waals surface area (Å²) in [5.41, 5.74) is 4.42. The number of hydrogen-bond acceptors (Lipinski definition) is 3. The number of pyridine rings is 1.